The minimum Gasteiger partial charge on any atom is -0.379 e. The van der Waals surface area contributed by atoms with Crippen LogP contribution < -0.4 is 5.32 Å². The first-order chi connectivity index (χ1) is 14.8. The zero-order chi connectivity index (χ0) is 20.6. The molecule has 7 nitrogen and oxygen atoms in total. The number of guanidine groups is 1. The Morgan fingerprint density at radius 3 is 2.70 bits per heavy atom. The molecule has 0 saturated carbocycles. The van der Waals surface area contributed by atoms with Gasteiger partial charge in [0.2, 0.25) is 0 Å². The van der Waals surface area contributed by atoms with Crippen LogP contribution in [0.1, 0.15) is 18.4 Å². The van der Waals surface area contributed by atoms with Crippen molar-refractivity contribution in [3.05, 3.63) is 35.9 Å². The molecule has 2 atom stereocenters. The summed E-state index contributed by atoms with van der Waals surface area (Å²) in [6.07, 6.45) is 2.64. The van der Waals surface area contributed by atoms with Gasteiger partial charge in [-0.2, -0.15) is 0 Å². The maximum Gasteiger partial charge on any atom is 0.193 e. The van der Waals surface area contributed by atoms with Gasteiger partial charge in [0, 0.05) is 52.9 Å². The molecule has 3 saturated heterocycles. The van der Waals surface area contributed by atoms with Crippen LogP contribution in [-0.2, 0) is 16.0 Å². The van der Waals surface area contributed by atoms with E-state index in [9.17, 15) is 0 Å². The van der Waals surface area contributed by atoms with Crippen LogP contribution in [-0.4, -0.2) is 105 Å². The van der Waals surface area contributed by atoms with Crippen LogP contribution in [0.5, 0.6) is 0 Å². The maximum atomic E-state index is 6.12. The monoisotopic (exact) mass is 415 g/mol. The van der Waals surface area contributed by atoms with E-state index >= 15 is 0 Å². The number of hydrogen-bond donors (Lipinski definition) is 1. The molecule has 4 rings (SSSR count). The van der Waals surface area contributed by atoms with Crippen molar-refractivity contribution >= 4 is 5.96 Å². The van der Waals surface area contributed by atoms with Gasteiger partial charge >= 0.3 is 0 Å². The van der Waals surface area contributed by atoms with E-state index < -0.39 is 0 Å². The highest BCUT2D eigenvalue weighted by Crippen LogP contribution is 2.24. The average Bonchev–Trinajstić information content (AvgIpc) is 3.23. The van der Waals surface area contributed by atoms with Crippen LogP contribution in [0.25, 0.3) is 0 Å². The lowest BCUT2D eigenvalue weighted by Crippen LogP contribution is -2.50. The van der Waals surface area contributed by atoms with Crippen molar-refractivity contribution in [3.8, 4) is 0 Å². The number of aliphatic imine (C=N–C) groups is 1. The largest absolute Gasteiger partial charge is 0.379 e. The van der Waals surface area contributed by atoms with Crippen LogP contribution in [0.15, 0.2) is 35.3 Å². The topological polar surface area (TPSA) is 52.6 Å². The summed E-state index contributed by atoms with van der Waals surface area (Å²) in [5.74, 6) is 1.01. The van der Waals surface area contributed by atoms with E-state index in [-0.39, 0.29) is 6.10 Å². The first-order valence-electron chi connectivity index (χ1n) is 11.5. The van der Waals surface area contributed by atoms with Crippen molar-refractivity contribution in [3.63, 3.8) is 0 Å². The Bertz CT molecular complexity index is 665. The van der Waals surface area contributed by atoms with E-state index in [1.54, 1.807) is 0 Å². The molecule has 166 valence electrons. The van der Waals surface area contributed by atoms with Gasteiger partial charge in [-0.15, -0.1) is 0 Å². The molecule has 1 N–H and O–H groups in total. The lowest BCUT2D eigenvalue weighted by molar-refractivity contribution is -0.0502. The number of ether oxygens (including phenoxy) is 2. The number of fused-ring (bicyclic) bond motifs is 1. The van der Waals surface area contributed by atoms with Crippen LogP contribution in [0.2, 0.25) is 0 Å². The molecule has 0 aliphatic carbocycles. The summed E-state index contributed by atoms with van der Waals surface area (Å²) in [6.45, 7) is 10.7. The number of morpholine rings is 2. The molecule has 3 aliphatic rings. The van der Waals surface area contributed by atoms with Crippen molar-refractivity contribution < 1.29 is 9.47 Å². The summed E-state index contributed by atoms with van der Waals surface area (Å²) in [4.78, 5) is 12.0. The molecule has 0 spiro atoms. The van der Waals surface area contributed by atoms with E-state index in [0.29, 0.717) is 6.04 Å². The van der Waals surface area contributed by atoms with Gasteiger partial charge in [0.25, 0.3) is 0 Å². The molecule has 0 bridgehead atoms. The SMILES string of the molecule is CN=C(NCCCCN1CCOCC1)N1CC2OCCN(Cc3ccccc3)C2C1. The number of benzene rings is 1. The molecule has 2 unspecified atom stereocenters. The van der Waals surface area contributed by atoms with Gasteiger partial charge in [-0.3, -0.25) is 14.8 Å². The van der Waals surface area contributed by atoms with Gasteiger partial charge in [-0.05, 0) is 24.9 Å². The van der Waals surface area contributed by atoms with E-state index in [1.807, 2.05) is 7.05 Å². The Labute approximate surface area is 181 Å². The summed E-state index contributed by atoms with van der Waals surface area (Å²) in [6, 6.07) is 11.2. The van der Waals surface area contributed by atoms with Crippen LogP contribution >= 0.6 is 0 Å². The maximum absolute atomic E-state index is 6.12. The molecule has 3 aliphatic heterocycles. The van der Waals surface area contributed by atoms with Gasteiger partial charge in [-0.25, -0.2) is 0 Å². The van der Waals surface area contributed by atoms with Crippen LogP contribution in [0.4, 0.5) is 0 Å². The summed E-state index contributed by atoms with van der Waals surface area (Å²) in [5.41, 5.74) is 1.37. The van der Waals surface area contributed by atoms with Gasteiger partial charge in [-0.1, -0.05) is 30.3 Å². The van der Waals surface area contributed by atoms with Crippen molar-refractivity contribution in [2.75, 3.05) is 72.7 Å². The lowest BCUT2D eigenvalue weighted by atomic mass is 10.1. The van der Waals surface area contributed by atoms with Gasteiger partial charge in [0.1, 0.15) is 0 Å². The Morgan fingerprint density at radius 1 is 1.07 bits per heavy atom. The minimum atomic E-state index is 0.266. The summed E-state index contributed by atoms with van der Waals surface area (Å²) in [5, 5.41) is 3.58. The molecule has 3 heterocycles. The smallest absolute Gasteiger partial charge is 0.193 e. The Hall–Kier alpha value is -1.67. The average molecular weight is 416 g/mol. The number of rotatable bonds is 7. The minimum absolute atomic E-state index is 0.266. The van der Waals surface area contributed by atoms with E-state index in [4.69, 9.17) is 9.47 Å². The summed E-state index contributed by atoms with van der Waals surface area (Å²) >= 11 is 0. The third-order valence-electron chi connectivity index (χ3n) is 6.44. The standard InChI is InChI=1S/C23H37N5O2/c1-24-23(25-9-5-6-10-26-11-14-29-15-12-26)28-18-21-22(19-28)30-16-13-27(21)17-20-7-3-2-4-8-20/h2-4,7-8,21-22H,5-6,9-19H2,1H3,(H,24,25). The first kappa shape index (κ1) is 21.6. The zero-order valence-corrected chi connectivity index (χ0v) is 18.3. The Balaban J connectivity index is 1.22. The van der Waals surface area contributed by atoms with E-state index in [0.717, 1.165) is 78.0 Å². The van der Waals surface area contributed by atoms with E-state index in [2.05, 4.69) is 55.3 Å². The molecular weight excluding hydrogens is 378 g/mol. The summed E-state index contributed by atoms with van der Waals surface area (Å²) < 4.78 is 11.5. The Kier molecular flexibility index (Phi) is 7.97. The highest BCUT2D eigenvalue weighted by molar-refractivity contribution is 5.80. The molecule has 0 amide bonds. The first-order valence-corrected chi connectivity index (χ1v) is 11.5. The molecule has 1 aromatic rings. The van der Waals surface area contributed by atoms with Gasteiger partial charge in [0.05, 0.1) is 32.0 Å². The van der Waals surface area contributed by atoms with Crippen molar-refractivity contribution in [1.29, 1.82) is 0 Å². The third-order valence-corrected chi connectivity index (χ3v) is 6.44. The second kappa shape index (κ2) is 11.1. The fourth-order valence-corrected chi connectivity index (χ4v) is 4.76. The molecule has 7 heteroatoms. The van der Waals surface area contributed by atoms with Crippen LogP contribution in [0.3, 0.4) is 0 Å². The molecule has 3 fully saturated rings. The molecule has 0 aromatic heterocycles. The number of unbranched alkanes of at least 4 members (excludes halogenated alkanes) is 1. The number of nitrogens with zero attached hydrogens (tertiary/aromatic N) is 4. The normalized spacial score (nSPS) is 26.0. The predicted octanol–water partition coefficient (Wildman–Crippen LogP) is 1.26. The fourth-order valence-electron chi connectivity index (χ4n) is 4.76. The van der Waals surface area contributed by atoms with Crippen molar-refractivity contribution in [2.24, 2.45) is 4.99 Å². The van der Waals surface area contributed by atoms with E-state index in [1.165, 1.54) is 18.5 Å². The second-order valence-corrected chi connectivity index (χ2v) is 8.47. The second-order valence-electron chi connectivity index (χ2n) is 8.47. The highest BCUT2D eigenvalue weighted by atomic mass is 16.5. The van der Waals surface area contributed by atoms with Crippen molar-refractivity contribution in [2.45, 2.75) is 31.5 Å². The highest BCUT2D eigenvalue weighted by Gasteiger charge is 2.41. The number of hydrogen-bond acceptors (Lipinski definition) is 5. The Morgan fingerprint density at radius 2 is 1.90 bits per heavy atom. The number of nitrogens with one attached hydrogen (secondary N) is 1. The van der Waals surface area contributed by atoms with Gasteiger partial charge in [0.15, 0.2) is 5.96 Å². The molecule has 30 heavy (non-hydrogen) atoms. The van der Waals surface area contributed by atoms with Crippen molar-refractivity contribution in [1.82, 2.24) is 20.0 Å². The molecule has 0 radical (unpaired) electrons. The van der Waals surface area contributed by atoms with Gasteiger partial charge < -0.3 is 19.7 Å². The molecular formula is C23H37N5O2. The third kappa shape index (κ3) is 5.72. The molecule has 1 aromatic carbocycles. The number of likely N-dealkylation sites (tertiary alicyclic amines) is 1. The summed E-state index contributed by atoms with van der Waals surface area (Å²) in [7, 11) is 1.89. The quantitative estimate of drug-likeness (QED) is 0.411. The van der Waals surface area contributed by atoms with Crippen LogP contribution in [0, 0.1) is 0 Å². The lowest BCUT2D eigenvalue weighted by Gasteiger charge is -2.36. The zero-order valence-electron chi connectivity index (χ0n) is 18.3. The predicted molar refractivity (Wildman–Crippen MR) is 120 cm³/mol. The fraction of sp³-hybridized carbons (Fsp3) is 0.696.